The van der Waals surface area contributed by atoms with Crippen LogP contribution in [0.15, 0.2) is 12.3 Å². The molecule has 1 aliphatic rings. The number of pyridine rings is 1. The van der Waals surface area contributed by atoms with Gasteiger partial charge in [0.2, 0.25) is 0 Å². The van der Waals surface area contributed by atoms with Crippen LogP contribution in [-0.2, 0) is 0 Å². The summed E-state index contributed by atoms with van der Waals surface area (Å²) in [6.07, 6.45) is 4.12. The van der Waals surface area contributed by atoms with E-state index in [-0.39, 0.29) is 11.9 Å². The van der Waals surface area contributed by atoms with Crippen molar-refractivity contribution in [3.8, 4) is 0 Å². The molecule has 21 heavy (non-hydrogen) atoms. The first-order valence-electron chi connectivity index (χ1n) is 7.66. The molecule has 112 valence electrons. The van der Waals surface area contributed by atoms with Gasteiger partial charge in [-0.1, -0.05) is 0 Å². The Kier molecular flexibility index (Phi) is 3.43. The lowest BCUT2D eigenvalue weighted by atomic mass is 10.1. The van der Waals surface area contributed by atoms with Crippen LogP contribution in [0.1, 0.15) is 61.6 Å². The summed E-state index contributed by atoms with van der Waals surface area (Å²) in [5.74, 6) is 0.568. The zero-order valence-corrected chi connectivity index (χ0v) is 13.1. The summed E-state index contributed by atoms with van der Waals surface area (Å²) in [5, 5.41) is 5.29. The van der Waals surface area contributed by atoms with E-state index >= 15 is 0 Å². The highest BCUT2D eigenvalue weighted by Gasteiger charge is 2.28. The van der Waals surface area contributed by atoms with E-state index < -0.39 is 0 Å². The smallest absolute Gasteiger partial charge is 0.254 e. The lowest BCUT2D eigenvalue weighted by Gasteiger charge is -2.16. The van der Waals surface area contributed by atoms with Crippen molar-refractivity contribution < 1.29 is 4.79 Å². The Hall–Kier alpha value is -1.91. The molecule has 2 heterocycles. The summed E-state index contributed by atoms with van der Waals surface area (Å²) in [6.45, 7) is 6.84. The Bertz CT molecular complexity index is 685. The third kappa shape index (κ3) is 2.41. The van der Waals surface area contributed by atoms with Crippen molar-refractivity contribution in [2.45, 2.75) is 45.6 Å². The van der Waals surface area contributed by atoms with Gasteiger partial charge in [-0.15, -0.1) is 0 Å². The summed E-state index contributed by atoms with van der Waals surface area (Å²) in [4.78, 5) is 19.1. The van der Waals surface area contributed by atoms with Gasteiger partial charge >= 0.3 is 0 Å². The molecule has 0 aromatic carbocycles. The maximum atomic E-state index is 12.6. The van der Waals surface area contributed by atoms with E-state index in [0.29, 0.717) is 12.5 Å². The van der Waals surface area contributed by atoms with Gasteiger partial charge in [0.25, 0.3) is 5.91 Å². The van der Waals surface area contributed by atoms with Crippen LogP contribution >= 0.6 is 0 Å². The van der Waals surface area contributed by atoms with E-state index in [9.17, 15) is 4.79 Å². The highest BCUT2D eigenvalue weighted by Crippen LogP contribution is 2.40. The average molecular weight is 286 g/mol. The number of hydrogen-bond acceptors (Lipinski definition) is 3. The molecule has 0 unspecified atom stereocenters. The number of aromatic nitrogens is 3. The van der Waals surface area contributed by atoms with E-state index in [2.05, 4.69) is 18.9 Å². The molecule has 0 radical (unpaired) electrons. The Morgan fingerprint density at radius 3 is 2.76 bits per heavy atom. The van der Waals surface area contributed by atoms with Crippen LogP contribution < -0.4 is 0 Å². The van der Waals surface area contributed by atoms with Crippen LogP contribution in [-0.4, -0.2) is 39.2 Å². The minimum absolute atomic E-state index is 0.0510. The topological polar surface area (TPSA) is 51.0 Å². The van der Waals surface area contributed by atoms with Gasteiger partial charge in [-0.2, -0.15) is 5.10 Å². The van der Waals surface area contributed by atoms with Crippen molar-refractivity contribution >= 4 is 16.9 Å². The number of amides is 1. The predicted octanol–water partition coefficient (Wildman–Crippen LogP) is 2.98. The second-order valence-electron chi connectivity index (χ2n) is 6.11. The maximum Gasteiger partial charge on any atom is 0.254 e. The molecule has 1 saturated carbocycles. The van der Waals surface area contributed by atoms with Crippen molar-refractivity contribution in [1.82, 2.24) is 19.7 Å². The quantitative estimate of drug-likeness (QED) is 0.868. The standard InChI is InChI=1S/C16H22N4O/c1-5-19(4)16(21)12-8-14(11-6-7-11)18-15-13(12)9-17-20(15)10(2)3/h8-11H,5-7H2,1-4H3. The molecule has 2 aromatic heterocycles. The minimum Gasteiger partial charge on any atom is -0.342 e. The number of carbonyl (C=O) groups excluding carboxylic acids is 1. The molecule has 2 aromatic rings. The molecule has 0 N–H and O–H groups in total. The van der Waals surface area contributed by atoms with Crippen molar-refractivity contribution in [3.63, 3.8) is 0 Å². The second-order valence-corrected chi connectivity index (χ2v) is 6.11. The summed E-state index contributed by atoms with van der Waals surface area (Å²) in [7, 11) is 1.83. The summed E-state index contributed by atoms with van der Waals surface area (Å²) >= 11 is 0. The first kappa shape index (κ1) is 14.0. The average Bonchev–Trinajstić information content (AvgIpc) is 3.23. The van der Waals surface area contributed by atoms with E-state index in [1.807, 2.05) is 24.7 Å². The zero-order chi connectivity index (χ0) is 15.1. The highest BCUT2D eigenvalue weighted by molar-refractivity contribution is 6.05. The lowest BCUT2D eigenvalue weighted by Crippen LogP contribution is -2.26. The molecule has 1 aliphatic carbocycles. The van der Waals surface area contributed by atoms with Gasteiger partial charge in [-0.25, -0.2) is 9.67 Å². The van der Waals surface area contributed by atoms with Crippen molar-refractivity contribution in [2.24, 2.45) is 0 Å². The summed E-state index contributed by atoms with van der Waals surface area (Å²) in [5.41, 5.74) is 2.61. The maximum absolute atomic E-state index is 12.6. The van der Waals surface area contributed by atoms with Gasteiger partial charge in [0, 0.05) is 31.2 Å². The molecule has 0 bridgehead atoms. The predicted molar refractivity (Wildman–Crippen MR) is 82.5 cm³/mol. The summed E-state index contributed by atoms with van der Waals surface area (Å²) < 4.78 is 1.91. The van der Waals surface area contributed by atoms with Crippen LogP contribution in [0, 0.1) is 0 Å². The molecule has 1 amide bonds. The minimum atomic E-state index is 0.0510. The summed E-state index contributed by atoms with van der Waals surface area (Å²) in [6, 6.07) is 2.21. The molecular weight excluding hydrogens is 264 g/mol. The Morgan fingerprint density at radius 1 is 1.48 bits per heavy atom. The van der Waals surface area contributed by atoms with Crippen LogP contribution in [0.25, 0.3) is 11.0 Å². The molecule has 0 aliphatic heterocycles. The van der Waals surface area contributed by atoms with Gasteiger partial charge in [0.1, 0.15) is 0 Å². The third-order valence-electron chi connectivity index (χ3n) is 4.12. The molecule has 0 atom stereocenters. The highest BCUT2D eigenvalue weighted by atomic mass is 16.2. The van der Waals surface area contributed by atoms with Crippen molar-refractivity contribution in [3.05, 3.63) is 23.5 Å². The second kappa shape index (κ2) is 5.13. The largest absolute Gasteiger partial charge is 0.342 e. The van der Waals surface area contributed by atoms with Gasteiger partial charge < -0.3 is 4.90 Å². The monoisotopic (exact) mass is 286 g/mol. The van der Waals surface area contributed by atoms with E-state index in [1.165, 1.54) is 12.8 Å². The van der Waals surface area contributed by atoms with Crippen LogP contribution in [0.3, 0.4) is 0 Å². The Balaban J connectivity index is 2.19. The van der Waals surface area contributed by atoms with Gasteiger partial charge in [-0.3, -0.25) is 4.79 Å². The number of nitrogens with zero attached hydrogens (tertiary/aromatic N) is 4. The fourth-order valence-corrected chi connectivity index (χ4v) is 2.53. The number of hydrogen-bond donors (Lipinski definition) is 0. The number of fused-ring (bicyclic) bond motifs is 1. The molecule has 3 rings (SSSR count). The fourth-order valence-electron chi connectivity index (χ4n) is 2.53. The first-order chi connectivity index (χ1) is 10.0. The number of rotatable bonds is 4. The molecule has 1 fully saturated rings. The Labute approximate surface area is 125 Å². The first-order valence-corrected chi connectivity index (χ1v) is 7.66. The number of carbonyl (C=O) groups is 1. The molecule has 5 heteroatoms. The van der Waals surface area contributed by atoms with E-state index in [4.69, 9.17) is 4.98 Å². The molecule has 5 nitrogen and oxygen atoms in total. The Morgan fingerprint density at radius 2 is 2.19 bits per heavy atom. The van der Waals surface area contributed by atoms with Gasteiger partial charge in [-0.05, 0) is 39.7 Å². The van der Waals surface area contributed by atoms with Crippen molar-refractivity contribution in [2.75, 3.05) is 13.6 Å². The van der Waals surface area contributed by atoms with Crippen LogP contribution in [0.5, 0.6) is 0 Å². The van der Waals surface area contributed by atoms with Gasteiger partial charge in [0.15, 0.2) is 5.65 Å². The molecular formula is C16H22N4O. The normalized spacial score (nSPS) is 14.9. The van der Waals surface area contributed by atoms with Crippen LogP contribution in [0.2, 0.25) is 0 Å². The molecule has 0 spiro atoms. The zero-order valence-electron chi connectivity index (χ0n) is 13.1. The van der Waals surface area contributed by atoms with E-state index in [1.54, 1.807) is 11.1 Å². The molecule has 0 saturated heterocycles. The van der Waals surface area contributed by atoms with E-state index in [0.717, 1.165) is 22.3 Å². The van der Waals surface area contributed by atoms with Crippen molar-refractivity contribution in [1.29, 1.82) is 0 Å². The third-order valence-corrected chi connectivity index (χ3v) is 4.12. The SMILES string of the molecule is CCN(C)C(=O)c1cc(C2CC2)nc2c1cnn2C(C)C. The fraction of sp³-hybridized carbons (Fsp3) is 0.562. The van der Waals surface area contributed by atoms with Crippen LogP contribution in [0.4, 0.5) is 0 Å². The van der Waals surface area contributed by atoms with Gasteiger partial charge in [0.05, 0.1) is 17.1 Å². The lowest BCUT2D eigenvalue weighted by molar-refractivity contribution is 0.0804.